The molecule has 0 spiro atoms. The third-order valence-electron chi connectivity index (χ3n) is 6.07. The van der Waals surface area contributed by atoms with Crippen LogP contribution in [0.15, 0.2) is 41.7 Å². The summed E-state index contributed by atoms with van der Waals surface area (Å²) < 4.78 is 16.3. The molecule has 1 fully saturated rings. The molecule has 1 saturated heterocycles. The number of β-amino-alcohol motifs (C(OH)–C–C–N with tert-alkyl or cyclic N) is 1. The number of azo groups is 2. The number of nitriles is 1. The first-order valence-electron chi connectivity index (χ1n) is 10.5. The van der Waals surface area contributed by atoms with E-state index >= 15 is 0 Å². The number of nitrogens with one attached hydrogen (secondary N) is 1. The zero-order chi connectivity index (χ0) is 22.5. The van der Waals surface area contributed by atoms with Crippen molar-refractivity contribution in [3.63, 3.8) is 0 Å². The molecule has 3 aliphatic heterocycles. The van der Waals surface area contributed by atoms with E-state index in [1.165, 1.54) is 18.2 Å². The minimum absolute atomic E-state index is 0.102. The zero-order valence-electron chi connectivity index (χ0n) is 17.5. The van der Waals surface area contributed by atoms with E-state index in [1.807, 2.05) is 19.1 Å². The fourth-order valence-corrected chi connectivity index (χ4v) is 4.58. The molecule has 8 nitrogen and oxygen atoms in total. The first kappa shape index (κ1) is 20.4. The maximum absolute atomic E-state index is 14.7. The van der Waals surface area contributed by atoms with Gasteiger partial charge in [-0.15, -0.1) is 0 Å². The standard InChI is InChI=1S/C23H21FN6O2/c1-23(32)7-3-8-29(13-23)19-6-9-30(28-19)18-10-16(27-17-12-26-22(31)21(17)18)20-14(11-25)4-2-5-15(20)24/h2,4-6,9-10,19,32H,3,7-8,12-13H2,1H3/p+1. The molecule has 162 valence electrons. The van der Waals surface area contributed by atoms with Gasteiger partial charge in [0, 0.05) is 25.2 Å². The van der Waals surface area contributed by atoms with Crippen molar-refractivity contribution in [2.75, 3.05) is 13.1 Å². The monoisotopic (exact) mass is 433 g/mol. The largest absolute Gasteiger partial charge is 0.389 e. The molecule has 5 rings (SSSR count). The summed E-state index contributed by atoms with van der Waals surface area (Å²) in [6, 6.07) is 7.92. The van der Waals surface area contributed by atoms with Gasteiger partial charge in [-0.25, -0.2) is 9.37 Å². The van der Waals surface area contributed by atoms with E-state index in [0.29, 0.717) is 23.5 Å². The second-order valence-electron chi connectivity index (χ2n) is 8.59. The van der Waals surface area contributed by atoms with E-state index in [9.17, 15) is 19.6 Å². The molecule has 2 unspecified atom stereocenters. The number of hydrogen-bond acceptors (Lipinski definition) is 6. The van der Waals surface area contributed by atoms with Crippen LogP contribution in [0.2, 0.25) is 0 Å². The molecular formula is C23H22FN6O2+. The molecule has 1 aromatic carbocycles. The Labute approximate surface area is 184 Å². The summed E-state index contributed by atoms with van der Waals surface area (Å²) in [5, 5.41) is 27.4. The van der Waals surface area contributed by atoms with Gasteiger partial charge in [-0.2, -0.15) is 5.26 Å². The lowest BCUT2D eigenvalue weighted by Gasteiger charge is -2.37. The number of halogens is 1. The number of amides is 1. The van der Waals surface area contributed by atoms with E-state index in [0.717, 1.165) is 19.4 Å². The molecule has 4 heterocycles. The van der Waals surface area contributed by atoms with Gasteiger partial charge < -0.3 is 10.4 Å². The fraction of sp³-hybridized carbons (Fsp3) is 0.348. The number of fused-ring (bicyclic) bond motifs is 1. The number of benzene rings is 1. The third-order valence-corrected chi connectivity index (χ3v) is 6.07. The van der Waals surface area contributed by atoms with Gasteiger partial charge in [-0.3, -0.25) is 9.69 Å². The lowest BCUT2D eigenvalue weighted by molar-refractivity contribution is -0.438. The summed E-state index contributed by atoms with van der Waals surface area (Å²) in [5.74, 6) is -0.821. The highest BCUT2D eigenvalue weighted by molar-refractivity contribution is 6.02. The highest BCUT2D eigenvalue weighted by atomic mass is 19.1. The van der Waals surface area contributed by atoms with Crippen LogP contribution in [-0.2, 0) is 6.54 Å². The number of piperidine rings is 1. The number of rotatable bonds is 3. The summed E-state index contributed by atoms with van der Waals surface area (Å²) in [6.07, 6.45) is 5.01. The van der Waals surface area contributed by atoms with Crippen LogP contribution >= 0.6 is 0 Å². The number of aromatic nitrogens is 1. The minimum Gasteiger partial charge on any atom is -0.389 e. The first-order chi connectivity index (χ1) is 15.4. The Morgan fingerprint density at radius 1 is 1.41 bits per heavy atom. The van der Waals surface area contributed by atoms with Crippen LogP contribution in [0.25, 0.3) is 11.3 Å². The molecule has 3 aliphatic rings. The van der Waals surface area contributed by atoms with Crippen LogP contribution in [0.1, 0.15) is 41.4 Å². The zero-order valence-corrected chi connectivity index (χ0v) is 17.5. The van der Waals surface area contributed by atoms with Crippen molar-refractivity contribution in [3.8, 4) is 17.3 Å². The lowest BCUT2D eigenvalue weighted by atomic mass is 9.95. The van der Waals surface area contributed by atoms with Gasteiger partial charge in [0.1, 0.15) is 11.4 Å². The predicted molar refractivity (Wildman–Crippen MR) is 112 cm³/mol. The summed E-state index contributed by atoms with van der Waals surface area (Å²) >= 11 is 0. The Hall–Kier alpha value is -3.48. The van der Waals surface area contributed by atoms with Gasteiger partial charge in [0.2, 0.25) is 6.20 Å². The average molecular weight is 433 g/mol. The van der Waals surface area contributed by atoms with Crippen LogP contribution in [0.5, 0.6) is 0 Å². The van der Waals surface area contributed by atoms with Crippen molar-refractivity contribution in [2.24, 2.45) is 5.11 Å². The van der Waals surface area contributed by atoms with E-state index < -0.39 is 11.4 Å². The minimum atomic E-state index is -0.765. The third kappa shape index (κ3) is 3.47. The SMILES string of the molecule is CC1(O)CCCN(C2C=C[N+](c3cc(-c4c(F)cccc4C#N)nc4c3C(=O)NC4)=N2)C1. The number of carbonyl (C=O) groups is 1. The van der Waals surface area contributed by atoms with Crippen molar-refractivity contribution in [3.05, 3.63) is 59.2 Å². The number of likely N-dealkylation sites (tertiary alicyclic amines) is 1. The normalized spacial score (nSPS) is 24.8. The molecule has 0 radical (unpaired) electrons. The van der Waals surface area contributed by atoms with Crippen LogP contribution in [0.4, 0.5) is 10.1 Å². The van der Waals surface area contributed by atoms with Gasteiger partial charge >= 0.3 is 0 Å². The highest BCUT2D eigenvalue weighted by Crippen LogP contribution is 2.35. The molecule has 2 N–H and O–H groups in total. The van der Waals surface area contributed by atoms with E-state index in [2.05, 4.69) is 15.2 Å². The van der Waals surface area contributed by atoms with Crippen molar-refractivity contribution < 1.29 is 19.0 Å². The number of hydrogen-bond donors (Lipinski definition) is 2. The number of pyridine rings is 1. The Morgan fingerprint density at radius 3 is 3.03 bits per heavy atom. The average Bonchev–Trinajstić information content (AvgIpc) is 3.40. The van der Waals surface area contributed by atoms with E-state index in [1.54, 1.807) is 17.0 Å². The predicted octanol–water partition coefficient (Wildman–Crippen LogP) is 2.80. The molecule has 2 aromatic rings. The van der Waals surface area contributed by atoms with Crippen molar-refractivity contribution in [1.82, 2.24) is 15.2 Å². The summed E-state index contributed by atoms with van der Waals surface area (Å²) in [6.45, 7) is 3.36. The molecule has 1 amide bonds. The molecule has 1 aromatic heterocycles. The fourth-order valence-electron chi connectivity index (χ4n) is 4.58. The number of aliphatic hydroxyl groups is 1. The summed E-state index contributed by atoms with van der Waals surface area (Å²) in [7, 11) is 0. The maximum atomic E-state index is 14.7. The molecule has 0 aliphatic carbocycles. The topological polar surface area (TPSA) is 105 Å². The van der Waals surface area contributed by atoms with Crippen LogP contribution < -0.4 is 5.32 Å². The van der Waals surface area contributed by atoms with E-state index in [4.69, 9.17) is 5.11 Å². The first-order valence-corrected chi connectivity index (χ1v) is 10.5. The van der Waals surface area contributed by atoms with Crippen LogP contribution in [0, 0.1) is 17.1 Å². The van der Waals surface area contributed by atoms with Gasteiger partial charge in [-0.1, -0.05) is 10.8 Å². The molecule has 2 atom stereocenters. The lowest BCUT2D eigenvalue weighted by Crippen LogP contribution is -2.49. The molecule has 0 bridgehead atoms. The van der Waals surface area contributed by atoms with Crippen LogP contribution in [0.3, 0.4) is 0 Å². The van der Waals surface area contributed by atoms with Crippen molar-refractivity contribution in [1.29, 1.82) is 5.26 Å². The molecular weight excluding hydrogens is 411 g/mol. The molecule has 32 heavy (non-hydrogen) atoms. The second kappa shape index (κ2) is 7.58. The molecule has 0 saturated carbocycles. The van der Waals surface area contributed by atoms with Crippen molar-refractivity contribution >= 4 is 11.6 Å². The van der Waals surface area contributed by atoms with Gasteiger partial charge in [0.25, 0.3) is 11.6 Å². The quantitative estimate of drug-likeness (QED) is 0.725. The van der Waals surface area contributed by atoms with Gasteiger partial charge in [0.15, 0.2) is 6.17 Å². The van der Waals surface area contributed by atoms with Gasteiger partial charge in [0.05, 0.1) is 40.7 Å². The Balaban J connectivity index is 1.59. The number of nitrogens with zero attached hydrogens (tertiary/aromatic N) is 5. The summed E-state index contributed by atoms with van der Waals surface area (Å²) in [5.41, 5.74) is 1.14. The Kier molecular flexibility index (Phi) is 4.84. The Bertz CT molecular complexity index is 1230. The number of carbonyl (C=O) groups excluding carboxylic acids is 1. The van der Waals surface area contributed by atoms with E-state index in [-0.39, 0.29) is 35.4 Å². The van der Waals surface area contributed by atoms with Crippen LogP contribution in [-0.4, -0.2) is 50.5 Å². The van der Waals surface area contributed by atoms with Gasteiger partial charge in [-0.05, 0) is 37.0 Å². The second-order valence-corrected chi connectivity index (χ2v) is 8.59. The summed E-state index contributed by atoms with van der Waals surface area (Å²) in [4.78, 5) is 19.1. The maximum Gasteiger partial charge on any atom is 0.260 e. The highest BCUT2D eigenvalue weighted by Gasteiger charge is 2.38. The smallest absolute Gasteiger partial charge is 0.260 e. The van der Waals surface area contributed by atoms with Crippen molar-refractivity contribution in [2.45, 2.75) is 38.1 Å². The Morgan fingerprint density at radius 2 is 2.25 bits per heavy atom. The molecule has 9 heteroatoms.